The molecule has 5 heteroatoms. The van der Waals surface area contributed by atoms with Crippen molar-refractivity contribution in [2.45, 2.75) is 26.8 Å². The van der Waals surface area contributed by atoms with E-state index in [0.29, 0.717) is 17.0 Å². The first kappa shape index (κ1) is 14.4. The minimum atomic E-state index is 0.488. The molecule has 2 aromatic rings. The van der Waals surface area contributed by atoms with Crippen LogP contribution < -0.4 is 5.73 Å². The van der Waals surface area contributed by atoms with Gasteiger partial charge in [0.15, 0.2) is 0 Å². The van der Waals surface area contributed by atoms with Crippen molar-refractivity contribution in [1.29, 1.82) is 5.26 Å². The standard InChI is InChI=1S/C15H21N5/c1-3-19(4-2)9-6-10-20-13-8-5-7-12(11-16)14(13)18-15(20)17/h5,7-8H,3-4,6,9-10H2,1-2H3,(H2,17,18). The molecule has 0 spiro atoms. The zero-order valence-corrected chi connectivity index (χ0v) is 12.1. The van der Waals surface area contributed by atoms with Gasteiger partial charge in [-0.05, 0) is 38.2 Å². The van der Waals surface area contributed by atoms with Gasteiger partial charge in [0.25, 0.3) is 0 Å². The second kappa shape index (κ2) is 6.40. The summed E-state index contributed by atoms with van der Waals surface area (Å²) >= 11 is 0. The molecule has 0 amide bonds. The number of nitriles is 1. The van der Waals surface area contributed by atoms with Gasteiger partial charge in [0.05, 0.1) is 11.1 Å². The summed E-state index contributed by atoms with van der Waals surface area (Å²) in [5.41, 5.74) is 8.22. The number of para-hydroxylation sites is 1. The number of imidazole rings is 1. The Hall–Kier alpha value is -2.06. The molecule has 2 rings (SSSR count). The Kier molecular flexibility index (Phi) is 4.59. The topological polar surface area (TPSA) is 70.9 Å². The number of hydrogen-bond donors (Lipinski definition) is 1. The van der Waals surface area contributed by atoms with E-state index in [1.54, 1.807) is 6.07 Å². The van der Waals surface area contributed by atoms with Crippen LogP contribution in [0, 0.1) is 11.3 Å². The van der Waals surface area contributed by atoms with Gasteiger partial charge in [-0.25, -0.2) is 4.98 Å². The van der Waals surface area contributed by atoms with E-state index in [0.717, 1.165) is 38.1 Å². The largest absolute Gasteiger partial charge is 0.369 e. The van der Waals surface area contributed by atoms with Crippen molar-refractivity contribution in [1.82, 2.24) is 14.5 Å². The molecule has 0 radical (unpaired) electrons. The fourth-order valence-electron chi connectivity index (χ4n) is 2.48. The summed E-state index contributed by atoms with van der Waals surface area (Å²) in [6.45, 7) is 8.34. The number of anilines is 1. The van der Waals surface area contributed by atoms with Gasteiger partial charge in [-0.2, -0.15) is 5.26 Å². The molecule has 5 nitrogen and oxygen atoms in total. The Morgan fingerprint density at radius 3 is 2.75 bits per heavy atom. The number of fused-ring (bicyclic) bond motifs is 1. The smallest absolute Gasteiger partial charge is 0.201 e. The molecule has 1 aromatic heterocycles. The third-order valence-corrected chi connectivity index (χ3v) is 3.68. The van der Waals surface area contributed by atoms with Crippen LogP contribution in [-0.4, -0.2) is 34.1 Å². The van der Waals surface area contributed by atoms with Gasteiger partial charge in [0.2, 0.25) is 5.95 Å². The number of nitrogens with two attached hydrogens (primary N) is 1. The van der Waals surface area contributed by atoms with E-state index in [1.165, 1.54) is 0 Å². The SMILES string of the molecule is CCN(CC)CCCn1c(N)nc2c(C#N)cccc21. The third-order valence-electron chi connectivity index (χ3n) is 3.68. The number of rotatable bonds is 6. The van der Waals surface area contributed by atoms with Gasteiger partial charge in [-0.3, -0.25) is 0 Å². The Morgan fingerprint density at radius 2 is 2.10 bits per heavy atom. The van der Waals surface area contributed by atoms with Crippen LogP contribution in [0.3, 0.4) is 0 Å². The van der Waals surface area contributed by atoms with Crippen molar-refractivity contribution in [3.05, 3.63) is 23.8 Å². The minimum Gasteiger partial charge on any atom is -0.369 e. The summed E-state index contributed by atoms with van der Waals surface area (Å²) in [4.78, 5) is 6.71. The first-order valence-corrected chi connectivity index (χ1v) is 7.08. The normalized spacial score (nSPS) is 11.1. The number of nitrogen functional groups attached to an aromatic ring is 1. The Balaban J connectivity index is 2.18. The summed E-state index contributed by atoms with van der Waals surface area (Å²) in [6, 6.07) is 7.78. The van der Waals surface area contributed by atoms with Crippen molar-refractivity contribution in [3.8, 4) is 6.07 Å². The van der Waals surface area contributed by atoms with E-state index < -0.39 is 0 Å². The van der Waals surface area contributed by atoms with E-state index in [-0.39, 0.29) is 0 Å². The second-order valence-electron chi connectivity index (χ2n) is 4.79. The molecule has 106 valence electrons. The van der Waals surface area contributed by atoms with Gasteiger partial charge in [0.1, 0.15) is 11.6 Å². The van der Waals surface area contributed by atoms with Crippen LogP contribution in [0.1, 0.15) is 25.8 Å². The summed E-state index contributed by atoms with van der Waals surface area (Å²) in [5.74, 6) is 0.488. The van der Waals surface area contributed by atoms with Crippen molar-refractivity contribution in [2.24, 2.45) is 0 Å². The fraction of sp³-hybridized carbons (Fsp3) is 0.467. The molecule has 2 N–H and O–H groups in total. The molecular formula is C15H21N5. The highest BCUT2D eigenvalue weighted by Gasteiger charge is 2.11. The molecule has 0 fully saturated rings. The quantitative estimate of drug-likeness (QED) is 0.874. The third kappa shape index (κ3) is 2.75. The van der Waals surface area contributed by atoms with Crippen LogP contribution in [0.15, 0.2) is 18.2 Å². The van der Waals surface area contributed by atoms with Crippen molar-refractivity contribution in [3.63, 3.8) is 0 Å². The van der Waals surface area contributed by atoms with Crippen LogP contribution in [-0.2, 0) is 6.54 Å². The maximum atomic E-state index is 9.10. The maximum Gasteiger partial charge on any atom is 0.201 e. The van der Waals surface area contributed by atoms with E-state index in [9.17, 15) is 0 Å². The maximum absolute atomic E-state index is 9.10. The summed E-state index contributed by atoms with van der Waals surface area (Å²) in [6.07, 6.45) is 1.02. The molecule has 0 aliphatic heterocycles. The fourth-order valence-corrected chi connectivity index (χ4v) is 2.48. The van der Waals surface area contributed by atoms with Crippen LogP contribution >= 0.6 is 0 Å². The molecular weight excluding hydrogens is 250 g/mol. The Bertz CT molecular complexity index is 619. The van der Waals surface area contributed by atoms with E-state index in [1.807, 2.05) is 16.7 Å². The zero-order valence-electron chi connectivity index (χ0n) is 12.1. The molecule has 0 unspecified atom stereocenters. The Labute approximate surface area is 119 Å². The van der Waals surface area contributed by atoms with Crippen molar-refractivity contribution in [2.75, 3.05) is 25.4 Å². The van der Waals surface area contributed by atoms with Crippen LogP contribution in [0.4, 0.5) is 5.95 Å². The molecule has 0 saturated heterocycles. The number of benzene rings is 1. The molecule has 0 aliphatic rings. The van der Waals surface area contributed by atoms with E-state index >= 15 is 0 Å². The summed E-state index contributed by atoms with van der Waals surface area (Å²) in [7, 11) is 0. The number of nitrogens with zero attached hydrogens (tertiary/aromatic N) is 4. The molecule has 0 bridgehead atoms. The van der Waals surface area contributed by atoms with Gasteiger partial charge < -0.3 is 15.2 Å². The lowest BCUT2D eigenvalue weighted by molar-refractivity contribution is 0.294. The molecule has 0 atom stereocenters. The first-order chi connectivity index (χ1) is 9.71. The molecule has 20 heavy (non-hydrogen) atoms. The average Bonchev–Trinajstić information content (AvgIpc) is 2.79. The minimum absolute atomic E-state index is 0.488. The lowest BCUT2D eigenvalue weighted by atomic mass is 10.2. The lowest BCUT2D eigenvalue weighted by Crippen LogP contribution is -2.25. The highest BCUT2D eigenvalue weighted by Crippen LogP contribution is 2.21. The molecule has 0 saturated carbocycles. The van der Waals surface area contributed by atoms with Crippen LogP contribution in [0.5, 0.6) is 0 Å². The predicted molar refractivity (Wildman–Crippen MR) is 81.3 cm³/mol. The van der Waals surface area contributed by atoms with Crippen molar-refractivity contribution >= 4 is 17.0 Å². The summed E-state index contributed by atoms with van der Waals surface area (Å²) in [5, 5.41) is 9.10. The van der Waals surface area contributed by atoms with Gasteiger partial charge in [-0.15, -0.1) is 0 Å². The predicted octanol–water partition coefficient (Wildman–Crippen LogP) is 2.22. The van der Waals surface area contributed by atoms with E-state index in [4.69, 9.17) is 11.0 Å². The molecule has 1 aromatic carbocycles. The Morgan fingerprint density at radius 1 is 1.35 bits per heavy atom. The van der Waals surface area contributed by atoms with E-state index in [2.05, 4.69) is 29.8 Å². The number of aryl methyl sites for hydroxylation is 1. The number of hydrogen-bond acceptors (Lipinski definition) is 4. The van der Waals surface area contributed by atoms with Gasteiger partial charge >= 0.3 is 0 Å². The van der Waals surface area contributed by atoms with Crippen LogP contribution in [0.25, 0.3) is 11.0 Å². The highest BCUT2D eigenvalue weighted by molar-refractivity contribution is 5.83. The summed E-state index contributed by atoms with van der Waals surface area (Å²) < 4.78 is 2.00. The van der Waals surface area contributed by atoms with Crippen LogP contribution in [0.2, 0.25) is 0 Å². The zero-order chi connectivity index (χ0) is 14.5. The lowest BCUT2D eigenvalue weighted by Gasteiger charge is -2.18. The monoisotopic (exact) mass is 271 g/mol. The highest BCUT2D eigenvalue weighted by atomic mass is 15.2. The number of aromatic nitrogens is 2. The first-order valence-electron chi connectivity index (χ1n) is 7.08. The molecule has 1 heterocycles. The average molecular weight is 271 g/mol. The second-order valence-corrected chi connectivity index (χ2v) is 4.79. The van der Waals surface area contributed by atoms with Gasteiger partial charge in [-0.1, -0.05) is 19.9 Å². The molecule has 0 aliphatic carbocycles. The van der Waals surface area contributed by atoms with Gasteiger partial charge in [0, 0.05) is 6.54 Å². The van der Waals surface area contributed by atoms with Crippen molar-refractivity contribution < 1.29 is 0 Å².